The number of rotatable bonds is 6. The quantitative estimate of drug-likeness (QED) is 0.785. The fourth-order valence-corrected chi connectivity index (χ4v) is 3.29. The predicted molar refractivity (Wildman–Crippen MR) is 95.4 cm³/mol. The van der Waals surface area contributed by atoms with Crippen molar-refractivity contribution in [2.24, 2.45) is 0 Å². The summed E-state index contributed by atoms with van der Waals surface area (Å²) in [5.74, 6) is 0.204. The van der Waals surface area contributed by atoms with Gasteiger partial charge in [0.15, 0.2) is 0 Å². The van der Waals surface area contributed by atoms with Crippen molar-refractivity contribution in [1.29, 1.82) is 0 Å². The molecule has 0 aliphatic carbocycles. The summed E-state index contributed by atoms with van der Waals surface area (Å²) >= 11 is 1.48. The Labute approximate surface area is 140 Å². The topological polar surface area (TPSA) is 75.3 Å². The van der Waals surface area contributed by atoms with Crippen molar-refractivity contribution in [1.82, 2.24) is 0 Å². The molecule has 2 aromatic carbocycles. The first kappa shape index (κ1) is 17.4. The number of aryl methyl sites for hydroxylation is 1. The lowest BCUT2D eigenvalue weighted by Crippen LogP contribution is -2.14. The first-order valence-electron chi connectivity index (χ1n) is 6.89. The molecule has 5 nitrogen and oxygen atoms in total. The Bertz CT molecular complexity index is 787. The van der Waals surface area contributed by atoms with Crippen LogP contribution in [0.4, 0.5) is 11.4 Å². The van der Waals surface area contributed by atoms with Gasteiger partial charge in [0.2, 0.25) is 15.9 Å². The summed E-state index contributed by atoms with van der Waals surface area (Å²) in [6.07, 6.45) is 1.09. The fourth-order valence-electron chi connectivity index (χ4n) is 1.89. The van der Waals surface area contributed by atoms with Crippen LogP contribution >= 0.6 is 11.8 Å². The predicted octanol–water partition coefficient (Wildman–Crippen LogP) is 3.10. The van der Waals surface area contributed by atoms with Crippen LogP contribution < -0.4 is 10.0 Å². The molecule has 0 radical (unpaired) electrons. The lowest BCUT2D eigenvalue weighted by Gasteiger charge is -2.08. The minimum absolute atomic E-state index is 0.109. The highest BCUT2D eigenvalue weighted by atomic mass is 32.2. The lowest BCUT2D eigenvalue weighted by atomic mass is 10.2. The number of hydrogen-bond acceptors (Lipinski definition) is 4. The summed E-state index contributed by atoms with van der Waals surface area (Å²) in [6, 6.07) is 14.4. The van der Waals surface area contributed by atoms with Gasteiger partial charge in [-0.15, -0.1) is 11.8 Å². The van der Waals surface area contributed by atoms with Crippen molar-refractivity contribution in [2.75, 3.05) is 22.0 Å². The Hall–Kier alpha value is -1.99. The molecule has 23 heavy (non-hydrogen) atoms. The highest BCUT2D eigenvalue weighted by Crippen LogP contribution is 2.22. The normalized spacial score (nSPS) is 11.0. The van der Waals surface area contributed by atoms with E-state index in [2.05, 4.69) is 10.0 Å². The first-order chi connectivity index (χ1) is 10.8. The molecule has 0 spiro atoms. The number of nitrogens with one attached hydrogen (secondary N) is 2. The minimum Gasteiger partial charge on any atom is -0.325 e. The minimum atomic E-state index is -3.30. The van der Waals surface area contributed by atoms with Gasteiger partial charge in [-0.05, 0) is 42.8 Å². The Morgan fingerprint density at radius 1 is 1.04 bits per heavy atom. The van der Waals surface area contributed by atoms with Gasteiger partial charge in [0.05, 0.1) is 12.0 Å². The van der Waals surface area contributed by atoms with Gasteiger partial charge in [0.25, 0.3) is 0 Å². The smallest absolute Gasteiger partial charge is 0.234 e. The number of sulfonamides is 1. The SMILES string of the molecule is Cc1ccccc1SCC(=O)Nc1ccc(NS(C)(=O)=O)cc1. The zero-order valence-corrected chi connectivity index (χ0v) is 14.5. The van der Waals surface area contributed by atoms with Gasteiger partial charge in [-0.1, -0.05) is 18.2 Å². The maximum atomic E-state index is 12.0. The van der Waals surface area contributed by atoms with E-state index in [1.54, 1.807) is 24.3 Å². The van der Waals surface area contributed by atoms with Crippen LogP contribution in [-0.4, -0.2) is 26.3 Å². The second-order valence-electron chi connectivity index (χ2n) is 5.05. The van der Waals surface area contributed by atoms with E-state index in [9.17, 15) is 13.2 Å². The van der Waals surface area contributed by atoms with E-state index >= 15 is 0 Å². The van der Waals surface area contributed by atoms with Crippen LogP contribution in [-0.2, 0) is 14.8 Å². The molecule has 0 aromatic heterocycles. The second-order valence-corrected chi connectivity index (χ2v) is 7.82. The van der Waals surface area contributed by atoms with Gasteiger partial charge >= 0.3 is 0 Å². The monoisotopic (exact) mass is 350 g/mol. The third-order valence-electron chi connectivity index (χ3n) is 2.92. The largest absolute Gasteiger partial charge is 0.325 e. The Morgan fingerprint density at radius 2 is 1.65 bits per heavy atom. The molecule has 0 unspecified atom stereocenters. The van der Waals surface area contributed by atoms with Crippen molar-refractivity contribution in [3.05, 3.63) is 54.1 Å². The van der Waals surface area contributed by atoms with E-state index in [4.69, 9.17) is 0 Å². The molecule has 0 fully saturated rings. The molecule has 2 aromatic rings. The summed E-state index contributed by atoms with van der Waals surface area (Å²) in [7, 11) is -3.30. The van der Waals surface area contributed by atoms with Crippen LogP contribution in [0.2, 0.25) is 0 Å². The van der Waals surface area contributed by atoms with Gasteiger partial charge in [0, 0.05) is 16.3 Å². The standard InChI is InChI=1S/C16H18N2O3S2/c1-12-5-3-4-6-15(12)22-11-16(19)17-13-7-9-14(10-8-13)18-23(2,20)21/h3-10,18H,11H2,1-2H3,(H,17,19). The average Bonchev–Trinajstić information content (AvgIpc) is 2.47. The maximum absolute atomic E-state index is 12.0. The number of amides is 1. The summed E-state index contributed by atoms with van der Waals surface area (Å²) in [4.78, 5) is 13.0. The lowest BCUT2D eigenvalue weighted by molar-refractivity contribution is -0.113. The van der Waals surface area contributed by atoms with E-state index in [1.165, 1.54) is 11.8 Å². The van der Waals surface area contributed by atoms with Crippen LogP contribution in [0.5, 0.6) is 0 Å². The highest BCUT2D eigenvalue weighted by molar-refractivity contribution is 8.00. The van der Waals surface area contributed by atoms with Crippen LogP contribution in [0.25, 0.3) is 0 Å². The molecular weight excluding hydrogens is 332 g/mol. The Morgan fingerprint density at radius 3 is 2.26 bits per heavy atom. The first-order valence-corrected chi connectivity index (χ1v) is 9.77. The molecule has 0 aliphatic rings. The van der Waals surface area contributed by atoms with Gasteiger partial charge in [-0.25, -0.2) is 8.42 Å². The van der Waals surface area contributed by atoms with Crippen molar-refractivity contribution in [2.45, 2.75) is 11.8 Å². The summed E-state index contributed by atoms with van der Waals surface area (Å²) in [5.41, 5.74) is 2.22. The van der Waals surface area contributed by atoms with Crippen LogP contribution in [0.1, 0.15) is 5.56 Å². The molecule has 2 N–H and O–H groups in total. The maximum Gasteiger partial charge on any atom is 0.234 e. The van der Waals surface area contributed by atoms with E-state index in [1.807, 2.05) is 31.2 Å². The van der Waals surface area contributed by atoms with Gasteiger partial charge in [-0.3, -0.25) is 9.52 Å². The van der Waals surface area contributed by atoms with Crippen molar-refractivity contribution in [3.8, 4) is 0 Å². The summed E-state index contributed by atoms with van der Waals surface area (Å²) in [5, 5.41) is 2.78. The number of benzene rings is 2. The number of anilines is 2. The molecular formula is C16H18N2O3S2. The van der Waals surface area contributed by atoms with Crippen molar-refractivity contribution >= 4 is 39.1 Å². The Kier molecular flexibility index (Phi) is 5.68. The molecule has 122 valence electrons. The molecule has 0 heterocycles. The van der Waals surface area contributed by atoms with E-state index < -0.39 is 10.0 Å². The molecule has 7 heteroatoms. The zero-order valence-electron chi connectivity index (χ0n) is 12.9. The third kappa shape index (κ3) is 5.96. The van der Waals surface area contributed by atoms with E-state index in [0.29, 0.717) is 17.1 Å². The van der Waals surface area contributed by atoms with Gasteiger partial charge in [0.1, 0.15) is 0 Å². The van der Waals surface area contributed by atoms with Gasteiger partial charge < -0.3 is 5.32 Å². The molecule has 1 amide bonds. The highest BCUT2D eigenvalue weighted by Gasteiger charge is 2.06. The molecule has 0 saturated carbocycles. The van der Waals surface area contributed by atoms with Crippen LogP contribution in [0, 0.1) is 6.92 Å². The fraction of sp³-hybridized carbons (Fsp3) is 0.188. The van der Waals surface area contributed by atoms with Gasteiger partial charge in [-0.2, -0.15) is 0 Å². The number of thioether (sulfide) groups is 1. The van der Waals surface area contributed by atoms with Crippen LogP contribution in [0.3, 0.4) is 0 Å². The number of carbonyl (C=O) groups excluding carboxylic acids is 1. The molecule has 0 aliphatic heterocycles. The number of hydrogen-bond donors (Lipinski definition) is 2. The zero-order chi connectivity index (χ0) is 16.9. The van der Waals surface area contributed by atoms with E-state index in [-0.39, 0.29) is 5.91 Å². The Balaban J connectivity index is 1.89. The third-order valence-corrected chi connectivity index (χ3v) is 4.71. The molecule has 0 saturated heterocycles. The van der Waals surface area contributed by atoms with Crippen LogP contribution in [0.15, 0.2) is 53.4 Å². The van der Waals surface area contributed by atoms with Crippen molar-refractivity contribution in [3.63, 3.8) is 0 Å². The average molecular weight is 350 g/mol. The second kappa shape index (κ2) is 7.52. The van der Waals surface area contributed by atoms with Crippen molar-refractivity contribution < 1.29 is 13.2 Å². The number of carbonyl (C=O) groups is 1. The summed E-state index contributed by atoms with van der Waals surface area (Å²) < 4.78 is 24.6. The molecule has 0 atom stereocenters. The molecule has 0 bridgehead atoms. The molecule has 2 rings (SSSR count). The van der Waals surface area contributed by atoms with E-state index in [0.717, 1.165) is 16.7 Å². The summed E-state index contributed by atoms with van der Waals surface area (Å²) in [6.45, 7) is 2.01.